The fraction of sp³-hybridized carbons (Fsp3) is 0.429. The normalized spacial score (nSPS) is 16.7. The van der Waals surface area contributed by atoms with Crippen molar-refractivity contribution in [3.05, 3.63) is 52.1 Å². The molecule has 1 aromatic rings. The highest BCUT2D eigenvalue weighted by Crippen LogP contribution is 2.40. The van der Waals surface area contributed by atoms with Gasteiger partial charge in [-0.05, 0) is 45.4 Å². The Labute approximate surface area is 165 Å². The molecule has 28 heavy (non-hydrogen) atoms. The summed E-state index contributed by atoms with van der Waals surface area (Å²) in [6.45, 7) is 7.75. The van der Waals surface area contributed by atoms with Crippen LogP contribution in [0.3, 0.4) is 0 Å². The molecule has 0 aliphatic carbocycles. The molecule has 1 aromatic carbocycles. The summed E-state index contributed by atoms with van der Waals surface area (Å²) in [6, 6.07) is 7.55. The van der Waals surface area contributed by atoms with Gasteiger partial charge in [0.1, 0.15) is 23.2 Å². The van der Waals surface area contributed by atoms with Gasteiger partial charge in [0.05, 0.1) is 30.8 Å². The smallest absolute Gasteiger partial charge is 0.338 e. The summed E-state index contributed by atoms with van der Waals surface area (Å²) >= 11 is 0. The summed E-state index contributed by atoms with van der Waals surface area (Å²) in [7, 11) is 1.59. The lowest BCUT2D eigenvalue weighted by Gasteiger charge is -2.27. The van der Waals surface area contributed by atoms with Crippen LogP contribution in [0.25, 0.3) is 0 Å². The molecule has 1 aliphatic heterocycles. The molecule has 0 saturated heterocycles. The predicted octanol–water partition coefficient (Wildman–Crippen LogP) is 3.26. The van der Waals surface area contributed by atoms with Crippen LogP contribution in [0.2, 0.25) is 0 Å². The third kappa shape index (κ3) is 4.46. The van der Waals surface area contributed by atoms with Crippen molar-refractivity contribution in [1.29, 1.82) is 5.26 Å². The van der Waals surface area contributed by atoms with E-state index in [2.05, 4.69) is 6.07 Å². The van der Waals surface area contributed by atoms with Crippen molar-refractivity contribution in [2.75, 3.05) is 13.7 Å². The van der Waals surface area contributed by atoms with E-state index in [1.807, 2.05) is 32.0 Å². The lowest BCUT2D eigenvalue weighted by atomic mass is 9.82. The van der Waals surface area contributed by atoms with Crippen molar-refractivity contribution in [2.45, 2.75) is 46.3 Å². The minimum Gasteiger partial charge on any atom is -0.491 e. The molecule has 2 rings (SSSR count). The van der Waals surface area contributed by atoms with Gasteiger partial charge in [0.25, 0.3) is 0 Å². The number of hydrogen-bond acceptors (Lipinski definition) is 7. The van der Waals surface area contributed by atoms with Crippen LogP contribution in [0.4, 0.5) is 0 Å². The van der Waals surface area contributed by atoms with Gasteiger partial charge in [0, 0.05) is 12.7 Å². The van der Waals surface area contributed by atoms with Gasteiger partial charge in [-0.1, -0.05) is 6.07 Å². The maximum atomic E-state index is 12.6. The summed E-state index contributed by atoms with van der Waals surface area (Å²) in [5.74, 6) is -0.256. The Morgan fingerprint density at radius 2 is 2.11 bits per heavy atom. The van der Waals surface area contributed by atoms with Gasteiger partial charge in [0.2, 0.25) is 5.88 Å². The van der Waals surface area contributed by atoms with Crippen LogP contribution in [0, 0.1) is 11.3 Å². The van der Waals surface area contributed by atoms with Crippen molar-refractivity contribution in [3.8, 4) is 11.8 Å². The van der Waals surface area contributed by atoms with E-state index in [1.54, 1.807) is 21.0 Å². The van der Waals surface area contributed by atoms with E-state index in [4.69, 9.17) is 24.7 Å². The Balaban J connectivity index is 2.62. The maximum absolute atomic E-state index is 12.6. The molecule has 0 fully saturated rings. The standard InChI is InChI=1S/C21H26N2O5/c1-6-26-21(24)18-13(4)28-20(23)16(10-22)19(18)14-7-8-17(27-12(2)3)15(9-14)11-25-5/h7-9,12,19H,6,11,23H2,1-5H3. The Morgan fingerprint density at radius 1 is 1.39 bits per heavy atom. The van der Waals surface area contributed by atoms with Gasteiger partial charge in [-0.2, -0.15) is 5.26 Å². The third-order valence-corrected chi connectivity index (χ3v) is 4.18. The zero-order valence-electron chi connectivity index (χ0n) is 16.9. The molecule has 1 atom stereocenters. The highest BCUT2D eigenvalue weighted by molar-refractivity contribution is 5.92. The number of carbonyl (C=O) groups excluding carboxylic acids is 1. The maximum Gasteiger partial charge on any atom is 0.338 e. The number of hydrogen-bond donors (Lipinski definition) is 1. The number of nitrogens with zero attached hydrogens (tertiary/aromatic N) is 1. The summed E-state index contributed by atoms with van der Waals surface area (Å²) < 4.78 is 21.8. The van der Waals surface area contributed by atoms with E-state index < -0.39 is 11.9 Å². The number of ether oxygens (including phenoxy) is 4. The molecule has 1 heterocycles. The van der Waals surface area contributed by atoms with Gasteiger partial charge in [-0.25, -0.2) is 4.79 Å². The van der Waals surface area contributed by atoms with Gasteiger partial charge in [0.15, 0.2) is 0 Å². The molecule has 0 radical (unpaired) electrons. The first-order chi connectivity index (χ1) is 13.3. The van der Waals surface area contributed by atoms with Gasteiger partial charge >= 0.3 is 5.97 Å². The van der Waals surface area contributed by atoms with Gasteiger partial charge in [-0.3, -0.25) is 0 Å². The van der Waals surface area contributed by atoms with E-state index in [9.17, 15) is 10.1 Å². The fourth-order valence-corrected chi connectivity index (χ4v) is 3.10. The summed E-state index contributed by atoms with van der Waals surface area (Å²) in [5, 5.41) is 9.66. The average Bonchev–Trinajstić information content (AvgIpc) is 2.62. The highest BCUT2D eigenvalue weighted by Gasteiger charge is 2.36. The molecule has 1 aliphatic rings. The molecular formula is C21H26N2O5. The van der Waals surface area contributed by atoms with Crippen LogP contribution < -0.4 is 10.5 Å². The first-order valence-corrected chi connectivity index (χ1v) is 9.07. The Bertz CT molecular complexity index is 849. The molecule has 1 unspecified atom stereocenters. The van der Waals surface area contributed by atoms with Crippen LogP contribution in [-0.2, 0) is 25.6 Å². The SMILES string of the molecule is CCOC(=O)C1=C(C)OC(N)=C(C#N)C1c1ccc(OC(C)C)c(COC)c1. The number of nitriles is 1. The minimum atomic E-state index is -0.693. The number of methoxy groups -OCH3 is 1. The van der Waals surface area contributed by atoms with Crippen LogP contribution in [0.15, 0.2) is 41.0 Å². The average molecular weight is 386 g/mol. The van der Waals surface area contributed by atoms with Crippen molar-refractivity contribution in [3.63, 3.8) is 0 Å². The third-order valence-electron chi connectivity index (χ3n) is 4.18. The number of esters is 1. The minimum absolute atomic E-state index is 0.00743. The summed E-state index contributed by atoms with van der Waals surface area (Å²) in [5.41, 5.74) is 7.86. The van der Waals surface area contributed by atoms with E-state index in [-0.39, 0.29) is 29.7 Å². The topological polar surface area (TPSA) is 104 Å². The number of rotatable bonds is 7. The van der Waals surface area contributed by atoms with E-state index >= 15 is 0 Å². The van der Waals surface area contributed by atoms with Gasteiger partial charge < -0.3 is 24.7 Å². The number of allylic oxidation sites excluding steroid dienone is 2. The molecule has 150 valence electrons. The van der Waals surface area contributed by atoms with Gasteiger partial charge in [-0.15, -0.1) is 0 Å². The molecule has 7 heteroatoms. The molecule has 0 bridgehead atoms. The Hall–Kier alpha value is -2.98. The van der Waals surface area contributed by atoms with Crippen molar-refractivity contribution in [2.24, 2.45) is 5.73 Å². The van der Waals surface area contributed by atoms with Crippen LogP contribution in [0.1, 0.15) is 44.7 Å². The largest absolute Gasteiger partial charge is 0.491 e. The molecule has 0 spiro atoms. The second-order valence-electron chi connectivity index (χ2n) is 6.58. The molecule has 7 nitrogen and oxygen atoms in total. The Morgan fingerprint density at radius 3 is 2.68 bits per heavy atom. The van der Waals surface area contributed by atoms with Crippen LogP contribution >= 0.6 is 0 Å². The number of nitrogens with two attached hydrogens (primary N) is 1. The first kappa shape index (κ1) is 21.3. The predicted molar refractivity (Wildman–Crippen MR) is 103 cm³/mol. The van der Waals surface area contributed by atoms with Crippen molar-refractivity contribution in [1.82, 2.24) is 0 Å². The number of carbonyl (C=O) groups is 1. The molecule has 2 N–H and O–H groups in total. The molecule has 0 aromatic heterocycles. The number of benzene rings is 1. The lowest BCUT2D eigenvalue weighted by Crippen LogP contribution is -2.25. The fourth-order valence-electron chi connectivity index (χ4n) is 3.10. The lowest BCUT2D eigenvalue weighted by molar-refractivity contribution is -0.139. The van der Waals surface area contributed by atoms with Crippen LogP contribution in [-0.4, -0.2) is 25.8 Å². The second-order valence-corrected chi connectivity index (χ2v) is 6.58. The first-order valence-electron chi connectivity index (χ1n) is 9.07. The summed E-state index contributed by atoms with van der Waals surface area (Å²) in [6.07, 6.45) is -0.00743. The second kappa shape index (κ2) is 9.29. The highest BCUT2D eigenvalue weighted by atomic mass is 16.5. The van der Waals surface area contributed by atoms with Crippen molar-refractivity contribution >= 4 is 5.97 Å². The van der Waals surface area contributed by atoms with E-state index in [0.29, 0.717) is 23.7 Å². The van der Waals surface area contributed by atoms with Crippen molar-refractivity contribution < 1.29 is 23.7 Å². The monoisotopic (exact) mass is 386 g/mol. The zero-order valence-corrected chi connectivity index (χ0v) is 16.9. The summed E-state index contributed by atoms with van der Waals surface area (Å²) in [4.78, 5) is 12.6. The Kier molecular flexibility index (Phi) is 7.07. The molecule has 0 saturated carbocycles. The quantitative estimate of drug-likeness (QED) is 0.717. The van der Waals surface area contributed by atoms with E-state index in [1.165, 1.54) is 0 Å². The van der Waals surface area contributed by atoms with E-state index in [0.717, 1.165) is 5.56 Å². The van der Waals surface area contributed by atoms with Crippen LogP contribution in [0.5, 0.6) is 5.75 Å². The molecular weight excluding hydrogens is 360 g/mol. The molecule has 0 amide bonds. The zero-order chi connectivity index (χ0) is 20.8.